The van der Waals surface area contributed by atoms with Crippen LogP contribution in [0.4, 0.5) is 20.3 Å². The highest BCUT2D eigenvalue weighted by molar-refractivity contribution is 6.14. The quantitative estimate of drug-likeness (QED) is 0.138. The molecule has 0 spiro atoms. The van der Waals surface area contributed by atoms with E-state index in [9.17, 15) is 0 Å². The summed E-state index contributed by atoms with van der Waals surface area (Å²) in [5.74, 6) is 1.57. The van der Waals surface area contributed by atoms with E-state index in [4.69, 9.17) is 15.7 Å². The Balaban J connectivity index is 1.23. The Morgan fingerprint density at radius 3 is 2.40 bits per heavy atom. The molecule has 4 aliphatic heterocycles. The highest BCUT2D eigenvalue weighted by atomic mass is 19.1. The maximum Gasteiger partial charge on any atom is 0.159 e. The zero-order valence-corrected chi connectivity index (χ0v) is 31.9. The van der Waals surface area contributed by atoms with Gasteiger partial charge in [0.25, 0.3) is 0 Å². The number of hydrogen-bond acceptors (Lipinski definition) is 7. The Morgan fingerprint density at radius 2 is 1.70 bits per heavy atom. The largest absolute Gasteiger partial charge is 0.398 e. The van der Waals surface area contributed by atoms with Gasteiger partial charge in [-0.05, 0) is 124 Å². The number of rotatable bonds is 9. The van der Waals surface area contributed by atoms with Crippen LogP contribution in [0.15, 0.2) is 29.3 Å². The van der Waals surface area contributed by atoms with E-state index in [1.807, 2.05) is 26.0 Å². The molecular weight excluding hydrogens is 665 g/mol. The van der Waals surface area contributed by atoms with Crippen LogP contribution in [-0.2, 0) is 12.8 Å². The van der Waals surface area contributed by atoms with Gasteiger partial charge in [-0.3, -0.25) is 14.8 Å². The third-order valence-corrected chi connectivity index (χ3v) is 13.8. The molecule has 0 amide bonds. The van der Waals surface area contributed by atoms with Crippen LogP contribution in [-0.4, -0.2) is 83.4 Å². The summed E-state index contributed by atoms with van der Waals surface area (Å²) in [6.45, 7) is 9.45. The van der Waals surface area contributed by atoms with Crippen molar-refractivity contribution in [3.8, 4) is 11.1 Å². The molecule has 2 atom stereocenters. The number of benzene rings is 3. The summed E-state index contributed by atoms with van der Waals surface area (Å²) in [5, 5.41) is 2.23. The standard InChI is InChI=1S/C44H55F2N7/c1-4-32-35(45)14-11-29-21-27(2)22-33(37(29)32)38-40(46)42-39(34(23-48-3)41(38)47)43(50-36(49-42)15-18-44-16-7-19-52(44)20-8-17-44)53-30-12-13-31(53)26-51(25-30)24-28-9-5-6-10-28/h11,14,21-23,28,30-31H,4-10,12-13,15-20,24-26,47H2,1-3H3. The second-order valence-electron chi connectivity index (χ2n) is 17.0. The highest BCUT2D eigenvalue weighted by Gasteiger charge is 2.45. The van der Waals surface area contributed by atoms with Crippen LogP contribution in [0.1, 0.15) is 100 Å². The molecule has 2 N–H and O–H groups in total. The lowest BCUT2D eigenvalue weighted by Gasteiger charge is -2.43. The molecule has 4 aromatic rings. The van der Waals surface area contributed by atoms with E-state index in [-0.39, 0.29) is 16.9 Å². The first-order valence-electron chi connectivity index (χ1n) is 20.5. The first kappa shape index (κ1) is 35.0. The van der Waals surface area contributed by atoms with E-state index in [0.29, 0.717) is 69.4 Å². The summed E-state index contributed by atoms with van der Waals surface area (Å²) in [6, 6.07) is 7.89. The number of nitrogens with zero attached hydrogens (tertiary/aromatic N) is 6. The van der Waals surface area contributed by atoms with Crippen molar-refractivity contribution >= 4 is 39.4 Å². The predicted octanol–water partition coefficient (Wildman–Crippen LogP) is 8.63. The van der Waals surface area contributed by atoms with Gasteiger partial charge in [0.15, 0.2) is 5.82 Å². The van der Waals surface area contributed by atoms with Gasteiger partial charge in [-0.1, -0.05) is 38.0 Å². The van der Waals surface area contributed by atoms with Crippen LogP contribution < -0.4 is 10.6 Å². The van der Waals surface area contributed by atoms with Gasteiger partial charge in [0, 0.05) is 68.1 Å². The third kappa shape index (κ3) is 5.92. The molecule has 3 aromatic carbocycles. The third-order valence-electron chi connectivity index (χ3n) is 13.8. The van der Waals surface area contributed by atoms with Crippen LogP contribution in [0.5, 0.6) is 0 Å². The molecule has 0 radical (unpaired) electrons. The topological polar surface area (TPSA) is 73.9 Å². The van der Waals surface area contributed by atoms with E-state index in [1.165, 1.54) is 77.1 Å². The van der Waals surface area contributed by atoms with Crippen LogP contribution >= 0.6 is 0 Å². The molecule has 1 aliphatic carbocycles. The molecule has 1 aromatic heterocycles. The average Bonchev–Trinajstić information content (AvgIpc) is 3.94. The summed E-state index contributed by atoms with van der Waals surface area (Å²) in [5.41, 5.74) is 11.0. The van der Waals surface area contributed by atoms with E-state index < -0.39 is 5.82 Å². The molecule has 2 bridgehead atoms. The molecule has 5 heterocycles. The normalized spacial score (nSPS) is 23.5. The number of fused-ring (bicyclic) bond motifs is 5. The summed E-state index contributed by atoms with van der Waals surface area (Å²) >= 11 is 0. The van der Waals surface area contributed by atoms with Crippen LogP contribution in [0.25, 0.3) is 32.8 Å². The van der Waals surface area contributed by atoms with Gasteiger partial charge < -0.3 is 10.6 Å². The number of aryl methyl sites for hydroxylation is 3. The maximum absolute atomic E-state index is 17.9. The van der Waals surface area contributed by atoms with Crippen molar-refractivity contribution in [3.63, 3.8) is 0 Å². The summed E-state index contributed by atoms with van der Waals surface area (Å²) in [4.78, 5) is 23.0. The SMILES string of the molecule is CCc1c(F)ccc2cc(C)cc(-c3c(N)c(C=NC)c4c(N5C6CCC5CN(CC5CCCC5)C6)nc(CCC56CCCN5CCC6)nc4c3F)c12. The number of aliphatic imine (C=N–C) groups is 1. The number of likely N-dealkylation sites (tertiary alicyclic amines) is 1. The van der Waals surface area contributed by atoms with Crippen molar-refractivity contribution < 1.29 is 8.78 Å². The molecule has 2 unspecified atom stereocenters. The lowest BCUT2D eigenvalue weighted by atomic mass is 9.88. The van der Waals surface area contributed by atoms with E-state index in [0.717, 1.165) is 55.0 Å². The average molecular weight is 720 g/mol. The van der Waals surface area contributed by atoms with Gasteiger partial charge in [-0.2, -0.15) is 0 Å². The van der Waals surface area contributed by atoms with Gasteiger partial charge in [0.2, 0.25) is 0 Å². The highest BCUT2D eigenvalue weighted by Crippen LogP contribution is 2.47. The van der Waals surface area contributed by atoms with Crippen molar-refractivity contribution in [2.45, 2.75) is 115 Å². The zero-order valence-electron chi connectivity index (χ0n) is 31.9. The Kier molecular flexibility index (Phi) is 9.17. The van der Waals surface area contributed by atoms with E-state index in [1.54, 1.807) is 19.3 Å². The maximum atomic E-state index is 17.9. The van der Waals surface area contributed by atoms with E-state index in [2.05, 4.69) is 19.7 Å². The lowest BCUT2D eigenvalue weighted by molar-refractivity contribution is 0.181. The van der Waals surface area contributed by atoms with Gasteiger partial charge >= 0.3 is 0 Å². The first-order valence-corrected chi connectivity index (χ1v) is 20.5. The first-order chi connectivity index (χ1) is 25.8. The Bertz CT molecular complexity index is 2060. The smallest absolute Gasteiger partial charge is 0.159 e. The van der Waals surface area contributed by atoms with Crippen LogP contribution in [0, 0.1) is 24.5 Å². The lowest BCUT2D eigenvalue weighted by Crippen LogP contribution is -2.55. The van der Waals surface area contributed by atoms with Crippen LogP contribution in [0.2, 0.25) is 0 Å². The molecule has 9 rings (SSSR count). The molecular formula is C44H55F2N7. The summed E-state index contributed by atoms with van der Waals surface area (Å²) < 4.78 is 33.3. The van der Waals surface area contributed by atoms with Crippen molar-refractivity contribution in [3.05, 3.63) is 58.4 Å². The predicted molar refractivity (Wildman–Crippen MR) is 213 cm³/mol. The fraction of sp³-hybridized carbons (Fsp3) is 0.568. The van der Waals surface area contributed by atoms with Crippen LogP contribution in [0.3, 0.4) is 0 Å². The molecule has 4 saturated heterocycles. The van der Waals surface area contributed by atoms with Crippen molar-refractivity contribution in [2.75, 3.05) is 50.4 Å². The Labute approximate surface area is 313 Å². The number of nitrogen functional groups attached to an aromatic ring is 1. The van der Waals surface area contributed by atoms with E-state index >= 15 is 8.78 Å². The number of anilines is 2. The molecule has 5 fully saturated rings. The monoisotopic (exact) mass is 719 g/mol. The molecule has 1 saturated carbocycles. The minimum atomic E-state index is -0.456. The minimum absolute atomic E-state index is 0.204. The van der Waals surface area contributed by atoms with Gasteiger partial charge in [0.1, 0.15) is 23.0 Å². The Morgan fingerprint density at radius 1 is 0.962 bits per heavy atom. The molecule has 9 heteroatoms. The molecule has 7 nitrogen and oxygen atoms in total. The van der Waals surface area contributed by atoms with Crippen molar-refractivity contribution in [1.82, 2.24) is 19.8 Å². The summed E-state index contributed by atoms with van der Waals surface area (Å²) in [6.07, 6.45) is 16.4. The Hall–Kier alpha value is -3.69. The number of nitrogens with two attached hydrogens (primary N) is 1. The molecule has 53 heavy (non-hydrogen) atoms. The second kappa shape index (κ2) is 13.9. The van der Waals surface area contributed by atoms with Gasteiger partial charge in [0.05, 0.1) is 11.1 Å². The van der Waals surface area contributed by atoms with Gasteiger partial charge in [-0.25, -0.2) is 18.7 Å². The summed E-state index contributed by atoms with van der Waals surface area (Å²) in [7, 11) is 1.73. The number of aromatic nitrogens is 2. The molecule has 280 valence electrons. The van der Waals surface area contributed by atoms with Crippen molar-refractivity contribution in [1.29, 1.82) is 0 Å². The van der Waals surface area contributed by atoms with Gasteiger partial charge in [-0.15, -0.1) is 0 Å². The number of halogens is 2. The van der Waals surface area contributed by atoms with Crippen molar-refractivity contribution in [2.24, 2.45) is 10.9 Å². The fourth-order valence-electron chi connectivity index (χ4n) is 11.5. The number of piperazine rings is 1. The fourth-order valence-corrected chi connectivity index (χ4v) is 11.5. The second-order valence-corrected chi connectivity index (χ2v) is 17.0. The zero-order chi connectivity index (χ0) is 36.4. The molecule has 5 aliphatic rings. The number of hydrogen-bond donors (Lipinski definition) is 1. The minimum Gasteiger partial charge on any atom is -0.398 e.